The summed E-state index contributed by atoms with van der Waals surface area (Å²) in [6.45, 7) is 3.49. The Hall–Kier alpha value is -1.59. The zero-order valence-electron chi connectivity index (χ0n) is 11.2. The van der Waals surface area contributed by atoms with E-state index >= 15 is 0 Å². The number of ketones is 1. The first-order valence-electron chi connectivity index (χ1n) is 6.46. The molecule has 0 aliphatic carbocycles. The minimum Gasteiger partial charge on any atom is -0.504 e. The Labute approximate surface area is 113 Å². The average molecular weight is 267 g/mol. The molecule has 0 aliphatic rings. The Bertz CT molecular complexity index is 420. The Morgan fingerprint density at radius 3 is 2.53 bits per heavy atom. The van der Waals surface area contributed by atoms with Gasteiger partial charge >= 0.3 is 0 Å². The first kappa shape index (κ1) is 15.5. The highest BCUT2D eigenvalue weighted by Crippen LogP contribution is 2.25. The number of aromatic hydroxyl groups is 2. The number of nitrogens with zero attached hydrogens (tertiary/aromatic N) is 1. The summed E-state index contributed by atoms with van der Waals surface area (Å²) in [6, 6.07) is 4.04. The van der Waals surface area contributed by atoms with Gasteiger partial charge in [0.2, 0.25) is 0 Å². The molecule has 0 aliphatic heterocycles. The van der Waals surface area contributed by atoms with Crippen LogP contribution in [0.25, 0.3) is 0 Å². The predicted molar refractivity (Wildman–Crippen MR) is 72.5 cm³/mol. The predicted octanol–water partition coefficient (Wildman–Crippen LogP) is 1.37. The highest BCUT2D eigenvalue weighted by molar-refractivity contribution is 5.98. The number of carbonyl (C=O) groups is 1. The van der Waals surface area contributed by atoms with E-state index in [2.05, 4.69) is 6.92 Å². The molecule has 19 heavy (non-hydrogen) atoms. The van der Waals surface area contributed by atoms with Crippen molar-refractivity contribution in [3.05, 3.63) is 23.8 Å². The third kappa shape index (κ3) is 4.89. The van der Waals surface area contributed by atoms with Crippen molar-refractivity contribution in [2.45, 2.75) is 19.8 Å². The van der Waals surface area contributed by atoms with E-state index in [1.54, 1.807) is 0 Å². The van der Waals surface area contributed by atoms with Gasteiger partial charge in [0, 0.05) is 12.1 Å². The van der Waals surface area contributed by atoms with Crippen LogP contribution in [0.5, 0.6) is 11.5 Å². The molecular weight excluding hydrogens is 246 g/mol. The molecule has 0 aromatic heterocycles. The maximum Gasteiger partial charge on any atom is 0.176 e. The van der Waals surface area contributed by atoms with Gasteiger partial charge in [-0.15, -0.1) is 0 Å². The molecule has 0 amide bonds. The van der Waals surface area contributed by atoms with Gasteiger partial charge in [0.05, 0.1) is 13.2 Å². The zero-order valence-corrected chi connectivity index (χ0v) is 11.2. The smallest absolute Gasteiger partial charge is 0.176 e. The van der Waals surface area contributed by atoms with Crippen LogP contribution in [-0.4, -0.2) is 52.2 Å². The van der Waals surface area contributed by atoms with Crippen molar-refractivity contribution in [1.82, 2.24) is 4.90 Å². The van der Waals surface area contributed by atoms with Crippen LogP contribution in [0.4, 0.5) is 0 Å². The fourth-order valence-corrected chi connectivity index (χ4v) is 1.78. The molecule has 0 bridgehead atoms. The molecule has 106 valence electrons. The minimum atomic E-state index is -0.298. The summed E-state index contributed by atoms with van der Waals surface area (Å²) in [6.07, 6.45) is 1.99. The van der Waals surface area contributed by atoms with E-state index < -0.39 is 0 Å². The van der Waals surface area contributed by atoms with Gasteiger partial charge in [0.1, 0.15) is 0 Å². The monoisotopic (exact) mass is 267 g/mol. The molecule has 0 spiro atoms. The van der Waals surface area contributed by atoms with Crippen molar-refractivity contribution in [2.75, 3.05) is 26.2 Å². The van der Waals surface area contributed by atoms with Gasteiger partial charge in [-0.3, -0.25) is 9.69 Å². The number of phenols is 2. The average Bonchev–Trinajstić information content (AvgIpc) is 2.39. The van der Waals surface area contributed by atoms with Crippen LogP contribution in [0.1, 0.15) is 30.1 Å². The lowest BCUT2D eigenvalue weighted by Gasteiger charge is -2.20. The van der Waals surface area contributed by atoms with Crippen molar-refractivity contribution < 1.29 is 20.1 Å². The van der Waals surface area contributed by atoms with Gasteiger partial charge in [0.25, 0.3) is 0 Å². The SMILES string of the molecule is CCCCN(CCO)CC(=O)c1ccc(O)c(O)c1. The number of aliphatic hydroxyl groups is 1. The number of Topliss-reactive ketones (excluding diaryl/α,β-unsaturated/α-hetero) is 1. The maximum atomic E-state index is 12.0. The molecule has 0 fully saturated rings. The molecule has 1 aromatic rings. The van der Waals surface area contributed by atoms with Gasteiger partial charge in [-0.2, -0.15) is 0 Å². The highest BCUT2D eigenvalue weighted by Gasteiger charge is 2.13. The summed E-state index contributed by atoms with van der Waals surface area (Å²) in [5.41, 5.74) is 0.356. The Kier molecular flexibility index (Phi) is 6.32. The van der Waals surface area contributed by atoms with Crippen molar-refractivity contribution in [3.63, 3.8) is 0 Å². The van der Waals surface area contributed by atoms with Crippen LogP contribution in [0.15, 0.2) is 18.2 Å². The molecule has 0 heterocycles. The lowest BCUT2D eigenvalue weighted by Crippen LogP contribution is -2.33. The summed E-state index contributed by atoms with van der Waals surface area (Å²) >= 11 is 0. The first-order chi connectivity index (χ1) is 9.08. The topological polar surface area (TPSA) is 81.0 Å². The molecule has 1 rings (SSSR count). The van der Waals surface area contributed by atoms with E-state index in [1.165, 1.54) is 18.2 Å². The highest BCUT2D eigenvalue weighted by atomic mass is 16.3. The molecule has 0 unspecified atom stereocenters. The lowest BCUT2D eigenvalue weighted by molar-refractivity contribution is 0.0913. The quantitative estimate of drug-likeness (QED) is 0.489. The summed E-state index contributed by atoms with van der Waals surface area (Å²) < 4.78 is 0. The largest absolute Gasteiger partial charge is 0.504 e. The first-order valence-corrected chi connectivity index (χ1v) is 6.46. The molecule has 0 saturated heterocycles. The number of unbranched alkanes of at least 4 members (excludes halogenated alkanes) is 1. The fourth-order valence-electron chi connectivity index (χ4n) is 1.78. The maximum absolute atomic E-state index is 12.0. The Morgan fingerprint density at radius 2 is 1.95 bits per heavy atom. The van der Waals surface area contributed by atoms with E-state index in [-0.39, 0.29) is 30.4 Å². The van der Waals surface area contributed by atoms with Crippen LogP contribution < -0.4 is 0 Å². The normalized spacial score (nSPS) is 10.9. The number of phenolic OH excluding ortho intramolecular Hbond substituents is 2. The van der Waals surface area contributed by atoms with Gasteiger partial charge in [0.15, 0.2) is 17.3 Å². The molecule has 5 nitrogen and oxygen atoms in total. The van der Waals surface area contributed by atoms with Crippen molar-refractivity contribution in [2.24, 2.45) is 0 Å². The zero-order chi connectivity index (χ0) is 14.3. The molecule has 0 saturated carbocycles. The van der Waals surface area contributed by atoms with Crippen LogP contribution in [-0.2, 0) is 0 Å². The Morgan fingerprint density at radius 1 is 1.21 bits per heavy atom. The van der Waals surface area contributed by atoms with Crippen LogP contribution >= 0.6 is 0 Å². The number of hydrogen-bond acceptors (Lipinski definition) is 5. The van der Waals surface area contributed by atoms with Crippen LogP contribution in [0.2, 0.25) is 0 Å². The van der Waals surface area contributed by atoms with Crippen LogP contribution in [0, 0.1) is 0 Å². The summed E-state index contributed by atoms with van der Waals surface area (Å²) in [5, 5.41) is 27.5. The fraction of sp³-hybridized carbons (Fsp3) is 0.500. The number of hydrogen-bond donors (Lipinski definition) is 3. The number of benzene rings is 1. The van der Waals surface area contributed by atoms with E-state index in [4.69, 9.17) is 5.11 Å². The van der Waals surface area contributed by atoms with E-state index in [0.29, 0.717) is 12.1 Å². The van der Waals surface area contributed by atoms with Crippen molar-refractivity contribution in [1.29, 1.82) is 0 Å². The molecule has 0 radical (unpaired) electrons. The summed E-state index contributed by atoms with van der Waals surface area (Å²) in [5.74, 6) is -0.678. The number of rotatable bonds is 8. The van der Waals surface area contributed by atoms with Gasteiger partial charge in [-0.05, 0) is 31.2 Å². The second-order valence-corrected chi connectivity index (χ2v) is 4.48. The van der Waals surface area contributed by atoms with Gasteiger partial charge in [-0.1, -0.05) is 13.3 Å². The van der Waals surface area contributed by atoms with Gasteiger partial charge in [-0.25, -0.2) is 0 Å². The molecule has 0 atom stereocenters. The number of aliphatic hydroxyl groups excluding tert-OH is 1. The molecule has 1 aromatic carbocycles. The standard InChI is InChI=1S/C14H21NO4/c1-2-3-6-15(7-8-16)10-14(19)11-4-5-12(17)13(18)9-11/h4-5,9,16-18H,2-3,6-8,10H2,1H3. The third-order valence-corrected chi connectivity index (χ3v) is 2.91. The van der Waals surface area contributed by atoms with E-state index in [0.717, 1.165) is 19.4 Å². The van der Waals surface area contributed by atoms with Crippen molar-refractivity contribution >= 4 is 5.78 Å². The van der Waals surface area contributed by atoms with E-state index in [9.17, 15) is 15.0 Å². The van der Waals surface area contributed by atoms with Crippen molar-refractivity contribution in [3.8, 4) is 11.5 Å². The number of carbonyl (C=O) groups excluding carboxylic acids is 1. The lowest BCUT2D eigenvalue weighted by atomic mass is 10.1. The second-order valence-electron chi connectivity index (χ2n) is 4.48. The molecule has 5 heteroatoms. The summed E-state index contributed by atoms with van der Waals surface area (Å²) in [4.78, 5) is 13.9. The van der Waals surface area contributed by atoms with Crippen LogP contribution in [0.3, 0.4) is 0 Å². The minimum absolute atomic E-state index is 0.0117. The second kappa shape index (κ2) is 7.76. The summed E-state index contributed by atoms with van der Waals surface area (Å²) in [7, 11) is 0. The van der Waals surface area contributed by atoms with Gasteiger partial charge < -0.3 is 15.3 Å². The third-order valence-electron chi connectivity index (χ3n) is 2.91. The molecular formula is C14H21NO4. The Balaban J connectivity index is 2.66. The van der Waals surface area contributed by atoms with E-state index in [1.807, 2.05) is 4.90 Å². The molecule has 3 N–H and O–H groups in total.